The van der Waals surface area contributed by atoms with Crippen molar-refractivity contribution in [2.75, 3.05) is 5.32 Å². The molecule has 0 amide bonds. The van der Waals surface area contributed by atoms with Crippen LogP contribution in [0.3, 0.4) is 0 Å². The fraction of sp³-hybridized carbons (Fsp3) is 0. The number of hydrogen-bond acceptors (Lipinski definition) is 6. The Bertz CT molecular complexity index is 935. The average Bonchev–Trinajstić information content (AvgIpc) is 2.96. The SMILES string of the molecule is NS(=O)(=O)c1cccc(Nc2nc(-c3ccc(O)cc3)cs2)c1. The lowest BCUT2D eigenvalue weighted by Crippen LogP contribution is -2.12. The quantitative estimate of drug-likeness (QED) is 0.673. The van der Waals surface area contributed by atoms with Gasteiger partial charge in [-0.05, 0) is 42.5 Å². The highest BCUT2D eigenvalue weighted by Crippen LogP contribution is 2.28. The summed E-state index contributed by atoms with van der Waals surface area (Å²) >= 11 is 1.39. The fourth-order valence-electron chi connectivity index (χ4n) is 1.97. The van der Waals surface area contributed by atoms with Crippen molar-refractivity contribution in [1.29, 1.82) is 0 Å². The van der Waals surface area contributed by atoms with E-state index in [1.54, 1.807) is 36.4 Å². The summed E-state index contributed by atoms with van der Waals surface area (Å²) in [5, 5.41) is 20.0. The van der Waals surface area contributed by atoms with Gasteiger partial charge in [0.2, 0.25) is 10.0 Å². The lowest BCUT2D eigenvalue weighted by molar-refractivity contribution is 0.475. The van der Waals surface area contributed by atoms with Gasteiger partial charge in [0.05, 0.1) is 10.6 Å². The normalized spacial score (nSPS) is 11.3. The molecule has 118 valence electrons. The molecular weight excluding hydrogens is 334 g/mol. The van der Waals surface area contributed by atoms with Gasteiger partial charge in [-0.2, -0.15) is 0 Å². The highest BCUT2D eigenvalue weighted by Gasteiger charge is 2.09. The number of phenolic OH excluding ortho intramolecular Hbond substituents is 1. The van der Waals surface area contributed by atoms with Gasteiger partial charge in [0.25, 0.3) is 0 Å². The van der Waals surface area contributed by atoms with Crippen LogP contribution in [0.2, 0.25) is 0 Å². The molecule has 0 spiro atoms. The standard InChI is InChI=1S/C15H13N3O3S2/c16-23(20,21)13-3-1-2-11(8-13)17-15-18-14(9-22-15)10-4-6-12(19)7-5-10/h1-9,19H,(H,17,18)(H2,16,20,21). The van der Waals surface area contributed by atoms with Crippen molar-refractivity contribution in [2.45, 2.75) is 4.90 Å². The minimum absolute atomic E-state index is 0.0396. The van der Waals surface area contributed by atoms with Crippen LogP contribution in [-0.2, 0) is 10.0 Å². The maximum absolute atomic E-state index is 11.4. The Labute approximate surface area is 137 Å². The number of hydrogen-bond donors (Lipinski definition) is 3. The largest absolute Gasteiger partial charge is 0.508 e. The van der Waals surface area contributed by atoms with Crippen LogP contribution < -0.4 is 10.5 Å². The van der Waals surface area contributed by atoms with E-state index in [-0.39, 0.29) is 10.6 Å². The number of rotatable bonds is 4. The molecule has 0 saturated heterocycles. The molecule has 4 N–H and O–H groups in total. The highest BCUT2D eigenvalue weighted by molar-refractivity contribution is 7.89. The molecule has 3 aromatic rings. The van der Waals surface area contributed by atoms with E-state index in [0.29, 0.717) is 10.8 Å². The molecule has 3 rings (SSSR count). The van der Waals surface area contributed by atoms with Gasteiger partial charge in [-0.1, -0.05) is 6.07 Å². The molecule has 0 aliphatic carbocycles. The van der Waals surface area contributed by atoms with E-state index >= 15 is 0 Å². The lowest BCUT2D eigenvalue weighted by atomic mass is 10.2. The van der Waals surface area contributed by atoms with Crippen molar-refractivity contribution in [2.24, 2.45) is 5.14 Å². The predicted octanol–water partition coefficient (Wildman–Crippen LogP) is 2.91. The molecular formula is C15H13N3O3S2. The summed E-state index contributed by atoms with van der Waals surface area (Å²) in [7, 11) is -3.74. The molecule has 1 heterocycles. The van der Waals surface area contributed by atoms with Crippen molar-refractivity contribution in [1.82, 2.24) is 4.98 Å². The third-order valence-electron chi connectivity index (χ3n) is 3.08. The fourth-order valence-corrected chi connectivity index (χ4v) is 3.27. The summed E-state index contributed by atoms with van der Waals surface area (Å²) in [5.41, 5.74) is 2.23. The predicted molar refractivity (Wildman–Crippen MR) is 90.3 cm³/mol. The van der Waals surface area contributed by atoms with Crippen molar-refractivity contribution >= 4 is 32.2 Å². The summed E-state index contributed by atoms with van der Waals surface area (Å²) < 4.78 is 22.7. The van der Waals surface area contributed by atoms with Crippen LogP contribution in [0.25, 0.3) is 11.3 Å². The first-order chi connectivity index (χ1) is 10.9. The first kappa shape index (κ1) is 15.5. The second-order valence-corrected chi connectivity index (χ2v) is 7.20. The Morgan fingerprint density at radius 1 is 1.13 bits per heavy atom. The Hall–Kier alpha value is -2.42. The maximum atomic E-state index is 11.4. The smallest absolute Gasteiger partial charge is 0.238 e. The summed E-state index contributed by atoms with van der Waals surface area (Å²) in [6.07, 6.45) is 0. The number of nitrogens with one attached hydrogen (secondary N) is 1. The molecule has 23 heavy (non-hydrogen) atoms. The molecule has 0 aliphatic heterocycles. The molecule has 8 heteroatoms. The zero-order valence-electron chi connectivity index (χ0n) is 11.8. The van der Waals surface area contributed by atoms with E-state index < -0.39 is 10.0 Å². The number of thiazole rings is 1. The number of aromatic nitrogens is 1. The van der Waals surface area contributed by atoms with E-state index in [0.717, 1.165) is 11.3 Å². The molecule has 1 aromatic heterocycles. The van der Waals surface area contributed by atoms with Crippen LogP contribution in [0, 0.1) is 0 Å². The van der Waals surface area contributed by atoms with Crippen molar-refractivity contribution in [3.63, 3.8) is 0 Å². The van der Waals surface area contributed by atoms with Crippen LogP contribution in [0.15, 0.2) is 58.8 Å². The highest BCUT2D eigenvalue weighted by atomic mass is 32.2. The van der Waals surface area contributed by atoms with Gasteiger partial charge in [-0.25, -0.2) is 18.5 Å². The van der Waals surface area contributed by atoms with Gasteiger partial charge in [0.15, 0.2) is 5.13 Å². The maximum Gasteiger partial charge on any atom is 0.238 e. The van der Waals surface area contributed by atoms with Gasteiger partial charge in [0, 0.05) is 16.6 Å². The summed E-state index contributed by atoms with van der Waals surface area (Å²) in [6, 6.07) is 13.0. The second-order valence-electron chi connectivity index (χ2n) is 4.78. The van der Waals surface area contributed by atoms with Crippen LogP contribution in [0.4, 0.5) is 10.8 Å². The Morgan fingerprint density at radius 3 is 2.57 bits per heavy atom. The van der Waals surface area contributed by atoms with Gasteiger partial charge in [-0.15, -0.1) is 11.3 Å². The van der Waals surface area contributed by atoms with Gasteiger partial charge >= 0.3 is 0 Å². The first-order valence-corrected chi connectivity index (χ1v) is 8.99. The number of benzene rings is 2. The third-order valence-corrected chi connectivity index (χ3v) is 4.75. The summed E-state index contributed by atoms with van der Waals surface area (Å²) in [4.78, 5) is 4.48. The Balaban J connectivity index is 1.83. The van der Waals surface area contributed by atoms with Crippen LogP contribution in [0.5, 0.6) is 5.75 Å². The monoisotopic (exact) mass is 347 g/mol. The van der Waals surface area contributed by atoms with E-state index in [9.17, 15) is 13.5 Å². The number of phenols is 1. The van der Waals surface area contributed by atoms with Crippen molar-refractivity contribution in [3.8, 4) is 17.0 Å². The summed E-state index contributed by atoms with van der Waals surface area (Å²) in [6.45, 7) is 0. The zero-order valence-corrected chi connectivity index (χ0v) is 13.4. The molecule has 6 nitrogen and oxygen atoms in total. The molecule has 0 bridgehead atoms. The second kappa shape index (κ2) is 5.99. The number of aromatic hydroxyl groups is 1. The molecule has 0 radical (unpaired) electrons. The van der Waals surface area contributed by atoms with Crippen LogP contribution in [0.1, 0.15) is 0 Å². The van der Waals surface area contributed by atoms with E-state index in [4.69, 9.17) is 5.14 Å². The number of nitrogens with two attached hydrogens (primary N) is 1. The third kappa shape index (κ3) is 3.67. The minimum Gasteiger partial charge on any atom is -0.508 e. The van der Waals surface area contributed by atoms with Crippen LogP contribution in [-0.4, -0.2) is 18.5 Å². The molecule has 0 aliphatic rings. The molecule has 2 aromatic carbocycles. The number of primary sulfonamides is 1. The van der Waals surface area contributed by atoms with Gasteiger partial charge in [0.1, 0.15) is 5.75 Å². The summed E-state index contributed by atoms with van der Waals surface area (Å²) in [5.74, 6) is 0.196. The minimum atomic E-state index is -3.74. The zero-order chi connectivity index (χ0) is 16.4. The van der Waals surface area contributed by atoms with E-state index in [2.05, 4.69) is 10.3 Å². The van der Waals surface area contributed by atoms with Crippen molar-refractivity contribution in [3.05, 3.63) is 53.9 Å². The van der Waals surface area contributed by atoms with Gasteiger partial charge in [-0.3, -0.25) is 0 Å². The Kier molecular flexibility index (Phi) is 4.03. The Morgan fingerprint density at radius 2 is 1.87 bits per heavy atom. The first-order valence-electron chi connectivity index (χ1n) is 6.57. The lowest BCUT2D eigenvalue weighted by Gasteiger charge is -2.04. The number of anilines is 2. The number of sulfonamides is 1. The van der Waals surface area contributed by atoms with E-state index in [1.807, 2.05) is 5.38 Å². The van der Waals surface area contributed by atoms with Gasteiger partial charge < -0.3 is 10.4 Å². The topological polar surface area (TPSA) is 105 Å². The molecule has 0 atom stereocenters. The average molecular weight is 347 g/mol. The number of nitrogens with zero attached hydrogens (tertiary/aromatic N) is 1. The van der Waals surface area contributed by atoms with E-state index in [1.165, 1.54) is 23.5 Å². The molecule has 0 saturated carbocycles. The molecule has 0 unspecified atom stereocenters. The molecule has 0 fully saturated rings. The van der Waals surface area contributed by atoms with Crippen molar-refractivity contribution < 1.29 is 13.5 Å². The van der Waals surface area contributed by atoms with Crippen LogP contribution >= 0.6 is 11.3 Å².